The van der Waals surface area contributed by atoms with Crippen LogP contribution in [0.2, 0.25) is 0 Å². The fraction of sp³-hybridized carbons (Fsp3) is 0.500. The first-order valence-corrected chi connectivity index (χ1v) is 5.43. The summed E-state index contributed by atoms with van der Waals surface area (Å²) in [5.74, 6) is 0.160. The molecule has 0 aliphatic carbocycles. The summed E-state index contributed by atoms with van der Waals surface area (Å²) in [6.45, 7) is 3.85. The number of alkyl halides is 2. The van der Waals surface area contributed by atoms with Gasteiger partial charge in [-0.1, -0.05) is 6.07 Å². The van der Waals surface area contributed by atoms with Gasteiger partial charge in [-0.25, -0.2) is 0 Å². The molecule has 0 spiro atoms. The Balaban J connectivity index is 2.09. The van der Waals surface area contributed by atoms with E-state index in [1.165, 1.54) is 6.07 Å². The molecule has 0 radical (unpaired) electrons. The number of ether oxygens (including phenoxy) is 2. The summed E-state index contributed by atoms with van der Waals surface area (Å²) in [7, 11) is 0. The van der Waals surface area contributed by atoms with Crippen LogP contribution in [0.5, 0.6) is 11.5 Å². The lowest BCUT2D eigenvalue weighted by Gasteiger charge is -2.17. The lowest BCUT2D eigenvalue weighted by molar-refractivity contribution is -0.286. The zero-order valence-corrected chi connectivity index (χ0v) is 9.80. The molecule has 0 aromatic heterocycles. The van der Waals surface area contributed by atoms with Gasteiger partial charge in [-0.05, 0) is 44.4 Å². The Labute approximate surface area is 98.5 Å². The van der Waals surface area contributed by atoms with Crippen LogP contribution in [0.25, 0.3) is 0 Å². The second kappa shape index (κ2) is 3.84. The van der Waals surface area contributed by atoms with Gasteiger partial charge in [0.05, 0.1) is 0 Å². The highest BCUT2D eigenvalue weighted by Gasteiger charge is 2.43. The van der Waals surface area contributed by atoms with E-state index in [1.807, 2.05) is 13.8 Å². The Morgan fingerprint density at radius 2 is 1.88 bits per heavy atom. The van der Waals surface area contributed by atoms with E-state index in [9.17, 15) is 8.78 Å². The maximum absolute atomic E-state index is 12.8. The van der Waals surface area contributed by atoms with E-state index in [0.29, 0.717) is 6.42 Å². The molecule has 1 aliphatic rings. The van der Waals surface area contributed by atoms with E-state index in [2.05, 4.69) is 9.47 Å². The van der Waals surface area contributed by atoms with Gasteiger partial charge in [0.15, 0.2) is 11.5 Å². The van der Waals surface area contributed by atoms with Crippen molar-refractivity contribution in [2.45, 2.75) is 38.5 Å². The van der Waals surface area contributed by atoms with Crippen LogP contribution in [0.1, 0.15) is 25.8 Å². The normalized spacial score (nSPS) is 17.2. The molecule has 2 rings (SSSR count). The summed E-state index contributed by atoms with van der Waals surface area (Å²) in [4.78, 5) is 0. The number of rotatable bonds is 3. The maximum atomic E-state index is 12.8. The smallest absolute Gasteiger partial charge is 0.395 e. The zero-order chi connectivity index (χ0) is 12.7. The minimum atomic E-state index is -3.55. The van der Waals surface area contributed by atoms with Gasteiger partial charge in [-0.15, -0.1) is 8.78 Å². The van der Waals surface area contributed by atoms with Gasteiger partial charge >= 0.3 is 6.29 Å². The monoisotopic (exact) mass is 243 g/mol. The van der Waals surface area contributed by atoms with Crippen LogP contribution in [0, 0.1) is 0 Å². The fourth-order valence-electron chi connectivity index (χ4n) is 1.62. The molecule has 2 N–H and O–H groups in total. The van der Waals surface area contributed by atoms with Gasteiger partial charge < -0.3 is 15.2 Å². The molecule has 5 heteroatoms. The van der Waals surface area contributed by atoms with E-state index in [0.717, 1.165) is 12.0 Å². The van der Waals surface area contributed by atoms with Crippen molar-refractivity contribution < 1.29 is 18.3 Å². The van der Waals surface area contributed by atoms with Gasteiger partial charge in [-0.3, -0.25) is 0 Å². The number of fused-ring (bicyclic) bond motifs is 1. The Hall–Kier alpha value is -1.36. The zero-order valence-electron chi connectivity index (χ0n) is 9.80. The molecular weight excluding hydrogens is 228 g/mol. The van der Waals surface area contributed by atoms with Gasteiger partial charge in [0.1, 0.15) is 0 Å². The summed E-state index contributed by atoms with van der Waals surface area (Å²) in [6.07, 6.45) is -2.07. The molecule has 94 valence electrons. The van der Waals surface area contributed by atoms with E-state index in [-0.39, 0.29) is 17.0 Å². The van der Waals surface area contributed by atoms with Crippen molar-refractivity contribution in [3.05, 3.63) is 23.8 Å². The van der Waals surface area contributed by atoms with Crippen LogP contribution < -0.4 is 15.2 Å². The quantitative estimate of drug-likeness (QED) is 0.887. The molecule has 0 unspecified atom stereocenters. The van der Waals surface area contributed by atoms with Crippen molar-refractivity contribution in [2.24, 2.45) is 5.73 Å². The Morgan fingerprint density at radius 3 is 2.53 bits per heavy atom. The predicted octanol–water partition coefficient (Wildman–Crippen LogP) is 2.68. The standard InChI is InChI=1S/C12H15F2NO2/c1-11(2,15)6-5-8-3-4-9-10(7-8)17-12(13,14)16-9/h3-4,7H,5-6,15H2,1-2H3. The minimum Gasteiger partial charge on any atom is -0.395 e. The number of benzene rings is 1. The SMILES string of the molecule is CC(C)(N)CCc1ccc2c(c1)OC(F)(F)O2. The second-order valence-corrected chi connectivity index (χ2v) is 4.94. The highest BCUT2D eigenvalue weighted by Crippen LogP contribution is 2.41. The lowest BCUT2D eigenvalue weighted by Crippen LogP contribution is -2.32. The number of hydrogen-bond acceptors (Lipinski definition) is 3. The molecule has 0 atom stereocenters. The van der Waals surface area contributed by atoms with Crippen molar-refractivity contribution in [3.63, 3.8) is 0 Å². The largest absolute Gasteiger partial charge is 0.586 e. The number of hydrogen-bond donors (Lipinski definition) is 1. The van der Waals surface area contributed by atoms with Gasteiger partial charge in [0, 0.05) is 5.54 Å². The van der Waals surface area contributed by atoms with Crippen molar-refractivity contribution in [3.8, 4) is 11.5 Å². The summed E-state index contributed by atoms with van der Waals surface area (Å²) in [5, 5.41) is 0. The van der Waals surface area contributed by atoms with Crippen LogP contribution >= 0.6 is 0 Å². The summed E-state index contributed by atoms with van der Waals surface area (Å²) in [6, 6.07) is 4.81. The average Bonchev–Trinajstić information content (AvgIpc) is 2.46. The molecule has 3 nitrogen and oxygen atoms in total. The first-order chi connectivity index (χ1) is 7.75. The highest BCUT2D eigenvalue weighted by molar-refractivity contribution is 5.45. The van der Waals surface area contributed by atoms with Crippen molar-refractivity contribution >= 4 is 0 Å². The van der Waals surface area contributed by atoms with E-state index >= 15 is 0 Å². The highest BCUT2D eigenvalue weighted by atomic mass is 19.3. The van der Waals surface area contributed by atoms with Crippen LogP contribution in [0.4, 0.5) is 8.78 Å². The molecule has 1 aliphatic heterocycles. The first-order valence-electron chi connectivity index (χ1n) is 5.43. The molecule has 0 saturated heterocycles. The average molecular weight is 243 g/mol. The maximum Gasteiger partial charge on any atom is 0.586 e. The van der Waals surface area contributed by atoms with Gasteiger partial charge in [-0.2, -0.15) is 0 Å². The predicted molar refractivity (Wildman–Crippen MR) is 59.2 cm³/mol. The van der Waals surface area contributed by atoms with Crippen LogP contribution in [0.15, 0.2) is 18.2 Å². The number of nitrogens with two attached hydrogens (primary N) is 1. The third-order valence-corrected chi connectivity index (χ3v) is 2.52. The van der Waals surface area contributed by atoms with E-state index in [1.54, 1.807) is 12.1 Å². The number of aryl methyl sites for hydroxylation is 1. The third-order valence-electron chi connectivity index (χ3n) is 2.52. The van der Waals surface area contributed by atoms with Crippen molar-refractivity contribution in [1.82, 2.24) is 0 Å². The van der Waals surface area contributed by atoms with E-state index in [4.69, 9.17) is 5.73 Å². The molecule has 1 aromatic rings. The van der Waals surface area contributed by atoms with Crippen molar-refractivity contribution in [2.75, 3.05) is 0 Å². The summed E-state index contributed by atoms with van der Waals surface area (Å²) < 4.78 is 34.3. The van der Waals surface area contributed by atoms with Crippen LogP contribution in [-0.4, -0.2) is 11.8 Å². The third kappa shape index (κ3) is 3.06. The van der Waals surface area contributed by atoms with Gasteiger partial charge in [0.2, 0.25) is 0 Å². The Kier molecular flexibility index (Phi) is 2.73. The topological polar surface area (TPSA) is 44.5 Å². The Bertz CT molecular complexity index is 427. The van der Waals surface area contributed by atoms with Crippen LogP contribution in [0.3, 0.4) is 0 Å². The minimum absolute atomic E-state index is 0.0748. The molecule has 1 aromatic carbocycles. The molecular formula is C12H15F2NO2. The molecule has 0 saturated carbocycles. The number of halogens is 2. The summed E-state index contributed by atoms with van der Waals surface area (Å²) in [5.41, 5.74) is 6.49. The van der Waals surface area contributed by atoms with Crippen LogP contribution in [-0.2, 0) is 6.42 Å². The van der Waals surface area contributed by atoms with Gasteiger partial charge in [0.25, 0.3) is 0 Å². The fourth-order valence-corrected chi connectivity index (χ4v) is 1.62. The van der Waals surface area contributed by atoms with Crippen molar-refractivity contribution in [1.29, 1.82) is 0 Å². The lowest BCUT2D eigenvalue weighted by atomic mass is 9.96. The second-order valence-electron chi connectivity index (χ2n) is 4.94. The molecule has 17 heavy (non-hydrogen) atoms. The molecule has 1 heterocycles. The van der Waals surface area contributed by atoms with E-state index < -0.39 is 6.29 Å². The molecule has 0 bridgehead atoms. The molecule has 0 fully saturated rings. The molecule has 0 amide bonds. The summed E-state index contributed by atoms with van der Waals surface area (Å²) >= 11 is 0. The first kappa shape index (κ1) is 12.1. The Morgan fingerprint density at radius 1 is 1.24 bits per heavy atom.